The standard InChI is InChI=1S/C19H36N6S.HI/c1-6-20-19(22-12-18-23-17(14-26-18)15(2)3)21-11-16(4)13-25-9-7-24(5)8-10-25;/h14-16H,6-13H2,1-5H3,(H2,20,21,22);1H. The second kappa shape index (κ2) is 12.9. The molecule has 1 aliphatic heterocycles. The maximum atomic E-state index is 4.71. The second-order valence-electron chi connectivity index (χ2n) is 7.61. The number of aromatic nitrogens is 1. The van der Waals surface area contributed by atoms with Crippen molar-refractivity contribution in [3.63, 3.8) is 0 Å². The van der Waals surface area contributed by atoms with E-state index in [1.54, 1.807) is 11.3 Å². The maximum absolute atomic E-state index is 4.71. The van der Waals surface area contributed by atoms with Gasteiger partial charge in [-0.1, -0.05) is 20.8 Å². The topological polar surface area (TPSA) is 55.8 Å². The van der Waals surface area contributed by atoms with E-state index in [1.807, 2.05) is 0 Å². The number of nitrogens with one attached hydrogen (secondary N) is 2. The lowest BCUT2D eigenvalue weighted by atomic mass is 10.1. The molecule has 0 aliphatic carbocycles. The molecule has 1 aromatic rings. The Bertz CT molecular complexity index is 554. The lowest BCUT2D eigenvalue weighted by Gasteiger charge is -2.34. The van der Waals surface area contributed by atoms with Gasteiger partial charge in [-0.3, -0.25) is 0 Å². The Hall–Kier alpha value is -0.450. The van der Waals surface area contributed by atoms with Gasteiger partial charge in [0.25, 0.3) is 0 Å². The number of halogens is 1. The highest BCUT2D eigenvalue weighted by Gasteiger charge is 2.16. The summed E-state index contributed by atoms with van der Waals surface area (Å²) in [6.45, 7) is 17.1. The third-order valence-electron chi connectivity index (χ3n) is 4.66. The summed E-state index contributed by atoms with van der Waals surface area (Å²) in [6, 6.07) is 0. The molecule has 0 aromatic carbocycles. The van der Waals surface area contributed by atoms with Crippen LogP contribution in [0.25, 0.3) is 0 Å². The summed E-state index contributed by atoms with van der Waals surface area (Å²) in [7, 11) is 2.20. The molecule has 1 fully saturated rings. The van der Waals surface area contributed by atoms with E-state index in [-0.39, 0.29) is 24.0 Å². The molecule has 156 valence electrons. The van der Waals surface area contributed by atoms with Crippen LogP contribution in [0, 0.1) is 5.92 Å². The predicted molar refractivity (Wildman–Crippen MR) is 128 cm³/mol. The van der Waals surface area contributed by atoms with Crippen LogP contribution in [0.4, 0.5) is 0 Å². The first kappa shape index (κ1) is 24.6. The van der Waals surface area contributed by atoms with Crippen LogP contribution in [-0.4, -0.2) is 73.6 Å². The summed E-state index contributed by atoms with van der Waals surface area (Å²) in [5.74, 6) is 1.96. The summed E-state index contributed by atoms with van der Waals surface area (Å²) in [4.78, 5) is 14.3. The summed E-state index contributed by atoms with van der Waals surface area (Å²) >= 11 is 1.70. The molecule has 2 N–H and O–H groups in total. The van der Waals surface area contributed by atoms with Crippen molar-refractivity contribution in [3.05, 3.63) is 16.1 Å². The Labute approximate surface area is 186 Å². The molecule has 1 atom stereocenters. The van der Waals surface area contributed by atoms with Crippen LogP contribution in [0.5, 0.6) is 0 Å². The monoisotopic (exact) mass is 508 g/mol. The Balaban J connectivity index is 0.00000364. The normalized spacial score (nSPS) is 17.6. The van der Waals surface area contributed by atoms with Crippen molar-refractivity contribution in [1.29, 1.82) is 0 Å². The molecule has 1 saturated heterocycles. The SMILES string of the molecule is CCNC(=NCc1nc(C(C)C)cs1)NCC(C)CN1CCN(C)CC1.I. The molecule has 27 heavy (non-hydrogen) atoms. The van der Waals surface area contributed by atoms with Crippen LogP contribution >= 0.6 is 35.3 Å². The first-order valence-electron chi connectivity index (χ1n) is 9.85. The van der Waals surface area contributed by atoms with Crippen molar-refractivity contribution in [2.45, 2.75) is 40.2 Å². The number of aliphatic imine (C=N–C) groups is 1. The molecule has 1 aliphatic rings. The second-order valence-corrected chi connectivity index (χ2v) is 8.55. The van der Waals surface area contributed by atoms with Crippen molar-refractivity contribution in [2.75, 3.05) is 52.9 Å². The van der Waals surface area contributed by atoms with Crippen LogP contribution in [0.2, 0.25) is 0 Å². The minimum absolute atomic E-state index is 0. The lowest BCUT2D eigenvalue weighted by molar-refractivity contribution is 0.139. The van der Waals surface area contributed by atoms with Gasteiger partial charge in [-0.15, -0.1) is 35.3 Å². The summed E-state index contributed by atoms with van der Waals surface area (Å²) < 4.78 is 0. The number of guanidine groups is 1. The van der Waals surface area contributed by atoms with Crippen LogP contribution < -0.4 is 10.6 Å². The maximum Gasteiger partial charge on any atom is 0.191 e. The largest absolute Gasteiger partial charge is 0.357 e. The summed E-state index contributed by atoms with van der Waals surface area (Å²) in [6.07, 6.45) is 0. The van der Waals surface area contributed by atoms with Gasteiger partial charge in [-0.2, -0.15) is 0 Å². The molecule has 0 amide bonds. The van der Waals surface area contributed by atoms with Gasteiger partial charge in [0.15, 0.2) is 5.96 Å². The van der Waals surface area contributed by atoms with Crippen molar-refractivity contribution in [1.82, 2.24) is 25.4 Å². The molecule has 0 bridgehead atoms. The molecular weight excluding hydrogens is 471 g/mol. The number of likely N-dealkylation sites (N-methyl/N-ethyl adjacent to an activating group) is 1. The van der Waals surface area contributed by atoms with Crippen LogP contribution in [0.1, 0.15) is 44.3 Å². The van der Waals surface area contributed by atoms with Crippen molar-refractivity contribution < 1.29 is 0 Å². The fraction of sp³-hybridized carbons (Fsp3) is 0.789. The van der Waals surface area contributed by atoms with E-state index in [0.717, 1.165) is 30.6 Å². The molecule has 8 heteroatoms. The number of hydrogen-bond donors (Lipinski definition) is 2. The van der Waals surface area contributed by atoms with E-state index in [0.29, 0.717) is 18.4 Å². The fourth-order valence-corrected chi connectivity index (χ4v) is 3.84. The molecule has 0 saturated carbocycles. The quantitative estimate of drug-likeness (QED) is 0.322. The van der Waals surface area contributed by atoms with E-state index in [2.05, 4.69) is 65.5 Å². The lowest BCUT2D eigenvalue weighted by Crippen LogP contribution is -2.47. The third kappa shape index (κ3) is 9.06. The Morgan fingerprint density at radius 2 is 1.93 bits per heavy atom. The Morgan fingerprint density at radius 1 is 1.22 bits per heavy atom. The van der Waals surface area contributed by atoms with E-state index in [9.17, 15) is 0 Å². The average molecular weight is 509 g/mol. The highest BCUT2D eigenvalue weighted by molar-refractivity contribution is 14.0. The summed E-state index contributed by atoms with van der Waals surface area (Å²) in [5, 5.41) is 10.1. The van der Waals surface area contributed by atoms with E-state index >= 15 is 0 Å². The fourth-order valence-electron chi connectivity index (χ4n) is 2.96. The zero-order chi connectivity index (χ0) is 18.9. The minimum atomic E-state index is 0. The molecule has 0 spiro atoms. The van der Waals surface area contributed by atoms with Crippen molar-refractivity contribution in [3.8, 4) is 0 Å². The van der Waals surface area contributed by atoms with Gasteiger partial charge in [-0.25, -0.2) is 9.98 Å². The number of hydrogen-bond acceptors (Lipinski definition) is 5. The molecule has 6 nitrogen and oxygen atoms in total. The highest BCUT2D eigenvalue weighted by Crippen LogP contribution is 2.18. The molecule has 1 unspecified atom stereocenters. The van der Waals surface area contributed by atoms with Gasteiger partial charge in [0.1, 0.15) is 5.01 Å². The van der Waals surface area contributed by atoms with E-state index < -0.39 is 0 Å². The molecule has 2 rings (SSSR count). The number of nitrogens with zero attached hydrogens (tertiary/aromatic N) is 4. The molecule has 0 radical (unpaired) electrons. The molecular formula is C19H37IN6S. The first-order valence-corrected chi connectivity index (χ1v) is 10.7. The molecule has 2 heterocycles. The Morgan fingerprint density at radius 3 is 2.52 bits per heavy atom. The first-order chi connectivity index (χ1) is 12.5. The van der Waals surface area contributed by atoms with Crippen LogP contribution in [0.3, 0.4) is 0 Å². The number of thiazole rings is 1. The Kier molecular flexibility index (Phi) is 11.7. The van der Waals surface area contributed by atoms with Gasteiger partial charge >= 0.3 is 0 Å². The van der Waals surface area contributed by atoms with Gasteiger partial charge in [0.05, 0.1) is 12.2 Å². The molecule has 1 aromatic heterocycles. The van der Waals surface area contributed by atoms with Gasteiger partial charge in [-0.05, 0) is 25.8 Å². The average Bonchev–Trinajstić information content (AvgIpc) is 3.09. The minimum Gasteiger partial charge on any atom is -0.357 e. The number of rotatable bonds is 8. The van der Waals surface area contributed by atoms with E-state index in [4.69, 9.17) is 4.99 Å². The van der Waals surface area contributed by atoms with Gasteiger partial charge in [0.2, 0.25) is 0 Å². The smallest absolute Gasteiger partial charge is 0.191 e. The van der Waals surface area contributed by atoms with Crippen LogP contribution in [-0.2, 0) is 6.54 Å². The third-order valence-corrected chi connectivity index (χ3v) is 5.51. The zero-order valence-electron chi connectivity index (χ0n) is 17.5. The van der Waals surface area contributed by atoms with Crippen molar-refractivity contribution in [2.24, 2.45) is 10.9 Å². The zero-order valence-corrected chi connectivity index (χ0v) is 20.6. The number of piperazine rings is 1. The van der Waals surface area contributed by atoms with E-state index in [1.165, 1.54) is 31.9 Å². The van der Waals surface area contributed by atoms with Gasteiger partial charge < -0.3 is 20.4 Å². The van der Waals surface area contributed by atoms with Gasteiger partial charge in [0, 0.05) is 51.2 Å². The predicted octanol–water partition coefficient (Wildman–Crippen LogP) is 2.82. The van der Waals surface area contributed by atoms with Crippen LogP contribution in [0.15, 0.2) is 10.4 Å². The summed E-state index contributed by atoms with van der Waals surface area (Å²) in [5.41, 5.74) is 1.17. The highest BCUT2D eigenvalue weighted by atomic mass is 127. The van der Waals surface area contributed by atoms with Crippen molar-refractivity contribution >= 4 is 41.3 Å².